The minimum Gasteiger partial charge on any atom is -0.369 e. The summed E-state index contributed by atoms with van der Waals surface area (Å²) in [7, 11) is 0. The molecule has 28 heavy (non-hydrogen) atoms. The summed E-state index contributed by atoms with van der Waals surface area (Å²) in [6, 6.07) is 4.66. The van der Waals surface area contributed by atoms with Crippen molar-refractivity contribution in [1.82, 2.24) is 15.0 Å². The lowest BCUT2D eigenvalue weighted by molar-refractivity contribution is 0.344. The average molecular weight is 425 g/mol. The van der Waals surface area contributed by atoms with Gasteiger partial charge in [-0.1, -0.05) is 0 Å². The molecule has 2 fully saturated rings. The van der Waals surface area contributed by atoms with E-state index >= 15 is 0 Å². The summed E-state index contributed by atoms with van der Waals surface area (Å²) in [4.78, 5) is 18.5. The number of pyridine rings is 1. The van der Waals surface area contributed by atoms with Gasteiger partial charge in [-0.05, 0) is 44.7 Å². The van der Waals surface area contributed by atoms with Gasteiger partial charge in [0.15, 0.2) is 0 Å². The molecule has 1 saturated carbocycles. The summed E-state index contributed by atoms with van der Waals surface area (Å²) in [5.41, 5.74) is 9.67. The van der Waals surface area contributed by atoms with Crippen molar-refractivity contribution in [3.8, 4) is 0 Å². The van der Waals surface area contributed by atoms with Crippen molar-refractivity contribution in [2.45, 2.75) is 45.1 Å². The van der Waals surface area contributed by atoms with Gasteiger partial charge in [-0.2, -0.15) is 0 Å². The number of hydrogen-bond acceptors (Lipinski definition) is 6. The number of rotatable bonds is 3. The summed E-state index contributed by atoms with van der Waals surface area (Å²) in [6.45, 7) is 8.19. The van der Waals surface area contributed by atoms with Crippen LogP contribution in [-0.2, 0) is 0 Å². The van der Waals surface area contributed by atoms with E-state index in [1.54, 1.807) is 0 Å². The number of anilines is 2. The zero-order valence-electron chi connectivity index (χ0n) is 16.5. The molecule has 1 saturated heterocycles. The van der Waals surface area contributed by atoms with Gasteiger partial charge in [0.25, 0.3) is 0 Å². The lowest BCUT2D eigenvalue weighted by Gasteiger charge is -2.32. The Balaban J connectivity index is 0.00000140. The highest BCUT2D eigenvalue weighted by Gasteiger charge is 2.29. The molecule has 0 bridgehead atoms. The van der Waals surface area contributed by atoms with E-state index in [1.165, 1.54) is 16.9 Å². The summed E-state index contributed by atoms with van der Waals surface area (Å²) >= 11 is 0. The second kappa shape index (κ2) is 9.72. The van der Waals surface area contributed by atoms with Crippen LogP contribution >= 0.6 is 24.8 Å². The first-order chi connectivity index (χ1) is 12.6. The standard InChI is InChI=1S/C20H28N6.2ClH/c1-14-13-22-5-4-19(14)25-6-3-7-26(9-8-25)20-12-18(23-15(2)24-20)16-10-17(21)11-16;;/h4-5,12-13,16-17H,3,6-11,21H2,1-2H3;2*1H. The van der Waals surface area contributed by atoms with Gasteiger partial charge < -0.3 is 15.5 Å². The fraction of sp³-hybridized carbons (Fsp3) is 0.550. The largest absolute Gasteiger partial charge is 0.369 e. The molecule has 2 N–H and O–H groups in total. The summed E-state index contributed by atoms with van der Waals surface area (Å²) in [5.74, 6) is 2.44. The zero-order valence-corrected chi connectivity index (χ0v) is 18.2. The van der Waals surface area contributed by atoms with Crippen LogP contribution in [0.5, 0.6) is 0 Å². The first-order valence-electron chi connectivity index (χ1n) is 9.62. The Hall–Kier alpha value is -1.63. The molecule has 6 nitrogen and oxygen atoms in total. The molecule has 2 aliphatic rings. The molecule has 0 spiro atoms. The molecule has 0 aromatic carbocycles. The minimum atomic E-state index is 0. The van der Waals surface area contributed by atoms with Crippen LogP contribution in [0.15, 0.2) is 24.5 Å². The molecule has 0 atom stereocenters. The molecular formula is C20H30Cl2N6. The van der Waals surface area contributed by atoms with Crippen molar-refractivity contribution < 1.29 is 0 Å². The van der Waals surface area contributed by atoms with Gasteiger partial charge in [-0.25, -0.2) is 9.97 Å². The molecule has 1 aliphatic carbocycles. The summed E-state index contributed by atoms with van der Waals surface area (Å²) in [5, 5.41) is 0. The van der Waals surface area contributed by atoms with Gasteiger partial charge >= 0.3 is 0 Å². The van der Waals surface area contributed by atoms with Crippen molar-refractivity contribution in [3.05, 3.63) is 41.6 Å². The Kier molecular flexibility index (Phi) is 7.87. The second-order valence-electron chi connectivity index (χ2n) is 7.62. The van der Waals surface area contributed by atoms with Crippen LogP contribution in [0.25, 0.3) is 0 Å². The Morgan fingerprint density at radius 3 is 2.43 bits per heavy atom. The van der Waals surface area contributed by atoms with Crippen molar-refractivity contribution in [1.29, 1.82) is 0 Å². The van der Waals surface area contributed by atoms with Crippen molar-refractivity contribution in [3.63, 3.8) is 0 Å². The van der Waals surface area contributed by atoms with E-state index in [9.17, 15) is 0 Å². The number of hydrogen-bond donors (Lipinski definition) is 1. The van der Waals surface area contributed by atoms with Gasteiger partial charge in [-0.3, -0.25) is 4.98 Å². The highest BCUT2D eigenvalue weighted by atomic mass is 35.5. The normalized spacial score (nSPS) is 21.8. The number of nitrogens with zero attached hydrogens (tertiary/aromatic N) is 5. The molecule has 1 aliphatic heterocycles. The first-order valence-corrected chi connectivity index (χ1v) is 9.62. The predicted octanol–water partition coefficient (Wildman–Crippen LogP) is 3.25. The molecule has 2 aromatic rings. The fourth-order valence-electron chi connectivity index (χ4n) is 4.06. The molecule has 0 amide bonds. The molecule has 2 aromatic heterocycles. The molecule has 4 rings (SSSR count). The molecule has 3 heterocycles. The lowest BCUT2D eigenvalue weighted by Crippen LogP contribution is -2.35. The van der Waals surface area contributed by atoms with E-state index in [4.69, 9.17) is 10.7 Å². The van der Waals surface area contributed by atoms with Crippen LogP contribution in [0, 0.1) is 13.8 Å². The van der Waals surface area contributed by atoms with Crippen LogP contribution in [0.2, 0.25) is 0 Å². The van der Waals surface area contributed by atoms with Crippen LogP contribution < -0.4 is 15.5 Å². The third-order valence-electron chi connectivity index (χ3n) is 5.59. The zero-order chi connectivity index (χ0) is 18.1. The number of halogens is 2. The van der Waals surface area contributed by atoms with Gasteiger partial charge in [0, 0.05) is 68.0 Å². The molecule has 0 radical (unpaired) electrons. The van der Waals surface area contributed by atoms with Crippen LogP contribution in [0.3, 0.4) is 0 Å². The molecule has 0 unspecified atom stereocenters. The van der Waals surface area contributed by atoms with Crippen LogP contribution in [0.1, 0.15) is 42.3 Å². The maximum atomic E-state index is 5.96. The van der Waals surface area contributed by atoms with Gasteiger partial charge in [0.1, 0.15) is 11.6 Å². The topological polar surface area (TPSA) is 71.2 Å². The highest BCUT2D eigenvalue weighted by molar-refractivity contribution is 5.85. The van der Waals surface area contributed by atoms with Crippen molar-refractivity contribution in [2.75, 3.05) is 36.0 Å². The van der Waals surface area contributed by atoms with Crippen molar-refractivity contribution >= 4 is 36.3 Å². The maximum absolute atomic E-state index is 5.96. The number of aryl methyl sites for hydroxylation is 2. The predicted molar refractivity (Wildman–Crippen MR) is 119 cm³/mol. The summed E-state index contributed by atoms with van der Waals surface area (Å²) in [6.07, 6.45) is 7.04. The SMILES string of the molecule is Cc1nc(C2CC(N)C2)cc(N2CCCN(c3ccncc3C)CC2)n1.Cl.Cl. The maximum Gasteiger partial charge on any atom is 0.132 e. The third kappa shape index (κ3) is 4.85. The quantitative estimate of drug-likeness (QED) is 0.814. The smallest absolute Gasteiger partial charge is 0.132 e. The number of nitrogens with two attached hydrogens (primary N) is 1. The first kappa shape index (κ1) is 22.7. The van der Waals surface area contributed by atoms with Gasteiger partial charge in [0.05, 0.1) is 0 Å². The Labute approximate surface area is 179 Å². The van der Waals surface area contributed by atoms with E-state index in [1.807, 2.05) is 19.3 Å². The fourth-order valence-corrected chi connectivity index (χ4v) is 4.06. The Morgan fingerprint density at radius 1 is 1.00 bits per heavy atom. The second-order valence-corrected chi connectivity index (χ2v) is 7.62. The molecule has 8 heteroatoms. The van der Waals surface area contributed by atoms with Gasteiger partial charge in [-0.15, -0.1) is 24.8 Å². The van der Waals surface area contributed by atoms with Gasteiger partial charge in [0.2, 0.25) is 0 Å². The Morgan fingerprint density at radius 2 is 1.71 bits per heavy atom. The average Bonchev–Trinajstić information content (AvgIpc) is 2.85. The summed E-state index contributed by atoms with van der Waals surface area (Å²) < 4.78 is 0. The van der Waals surface area contributed by atoms with Crippen LogP contribution in [0.4, 0.5) is 11.5 Å². The van der Waals surface area contributed by atoms with E-state index in [2.05, 4.69) is 38.8 Å². The highest BCUT2D eigenvalue weighted by Crippen LogP contribution is 2.35. The van der Waals surface area contributed by atoms with Crippen LogP contribution in [-0.4, -0.2) is 47.2 Å². The minimum absolute atomic E-state index is 0. The van der Waals surface area contributed by atoms with E-state index in [0.717, 1.165) is 57.1 Å². The third-order valence-corrected chi connectivity index (χ3v) is 5.59. The van der Waals surface area contributed by atoms with E-state index in [0.29, 0.717) is 12.0 Å². The monoisotopic (exact) mass is 424 g/mol. The molecular weight excluding hydrogens is 395 g/mol. The van der Waals surface area contributed by atoms with E-state index < -0.39 is 0 Å². The number of aromatic nitrogens is 3. The molecule has 154 valence electrons. The van der Waals surface area contributed by atoms with Crippen molar-refractivity contribution in [2.24, 2.45) is 5.73 Å². The van der Waals surface area contributed by atoms with E-state index in [-0.39, 0.29) is 24.8 Å². The lowest BCUT2D eigenvalue weighted by atomic mass is 9.78. The Bertz CT molecular complexity index is 781.